The number of carbonyl (C=O) groups is 1. The third-order valence-corrected chi connectivity index (χ3v) is 3.12. The molecule has 110 valence electrons. The molecule has 2 N–H and O–H groups in total. The number of amides is 1. The van der Waals surface area contributed by atoms with Crippen molar-refractivity contribution in [3.63, 3.8) is 0 Å². The molecule has 0 fully saturated rings. The zero-order chi connectivity index (χ0) is 15.1. The van der Waals surface area contributed by atoms with E-state index in [1.165, 1.54) is 0 Å². The SMILES string of the molecule is CCOc1ccccc1C(=O)NC(CO)c1ccccc1. The van der Waals surface area contributed by atoms with Gasteiger partial charge in [-0.1, -0.05) is 42.5 Å². The zero-order valence-electron chi connectivity index (χ0n) is 12.0. The van der Waals surface area contributed by atoms with Crippen molar-refractivity contribution >= 4 is 5.91 Å². The summed E-state index contributed by atoms with van der Waals surface area (Å²) >= 11 is 0. The molecule has 0 aliphatic rings. The fraction of sp³-hybridized carbons (Fsp3) is 0.235. The van der Waals surface area contributed by atoms with Crippen LogP contribution in [0.1, 0.15) is 28.9 Å². The number of aliphatic hydroxyl groups is 1. The molecule has 1 atom stereocenters. The summed E-state index contributed by atoms with van der Waals surface area (Å²) in [4.78, 5) is 12.4. The van der Waals surface area contributed by atoms with E-state index in [0.717, 1.165) is 5.56 Å². The van der Waals surface area contributed by atoms with Crippen molar-refractivity contribution in [1.29, 1.82) is 0 Å². The summed E-state index contributed by atoms with van der Waals surface area (Å²) in [7, 11) is 0. The monoisotopic (exact) mass is 285 g/mol. The van der Waals surface area contributed by atoms with Gasteiger partial charge in [0, 0.05) is 0 Å². The number of rotatable bonds is 6. The topological polar surface area (TPSA) is 58.6 Å². The van der Waals surface area contributed by atoms with E-state index in [1.807, 2.05) is 43.3 Å². The summed E-state index contributed by atoms with van der Waals surface area (Å²) in [6.07, 6.45) is 0. The first-order chi connectivity index (χ1) is 10.3. The van der Waals surface area contributed by atoms with Gasteiger partial charge in [-0.15, -0.1) is 0 Å². The molecule has 0 heterocycles. The van der Waals surface area contributed by atoms with E-state index in [-0.39, 0.29) is 12.5 Å². The molecule has 1 amide bonds. The molecular formula is C17H19NO3. The van der Waals surface area contributed by atoms with Crippen LogP contribution in [0.5, 0.6) is 5.75 Å². The molecule has 0 bridgehead atoms. The van der Waals surface area contributed by atoms with E-state index in [2.05, 4.69) is 5.32 Å². The number of carbonyl (C=O) groups excluding carboxylic acids is 1. The summed E-state index contributed by atoms with van der Waals surface area (Å²) in [6.45, 7) is 2.20. The van der Waals surface area contributed by atoms with Crippen LogP contribution in [0, 0.1) is 0 Å². The molecule has 21 heavy (non-hydrogen) atoms. The molecule has 4 nitrogen and oxygen atoms in total. The second kappa shape index (κ2) is 7.45. The molecule has 1 unspecified atom stereocenters. The third-order valence-electron chi connectivity index (χ3n) is 3.12. The van der Waals surface area contributed by atoms with Gasteiger partial charge in [-0.05, 0) is 24.6 Å². The van der Waals surface area contributed by atoms with Crippen LogP contribution in [0.3, 0.4) is 0 Å². The predicted molar refractivity (Wildman–Crippen MR) is 81.3 cm³/mol. The van der Waals surface area contributed by atoms with Crippen molar-refractivity contribution in [2.75, 3.05) is 13.2 Å². The Hall–Kier alpha value is -2.33. The summed E-state index contributed by atoms with van der Waals surface area (Å²) in [5.74, 6) is 0.282. The van der Waals surface area contributed by atoms with Gasteiger partial charge in [-0.2, -0.15) is 0 Å². The lowest BCUT2D eigenvalue weighted by molar-refractivity contribution is 0.0912. The molecule has 0 aliphatic carbocycles. The maximum atomic E-state index is 12.4. The summed E-state index contributed by atoms with van der Waals surface area (Å²) in [5, 5.41) is 12.3. The number of benzene rings is 2. The Kier molecular flexibility index (Phi) is 5.35. The van der Waals surface area contributed by atoms with Gasteiger partial charge in [0.05, 0.1) is 24.8 Å². The zero-order valence-corrected chi connectivity index (χ0v) is 12.0. The van der Waals surface area contributed by atoms with Crippen LogP contribution >= 0.6 is 0 Å². The van der Waals surface area contributed by atoms with E-state index in [4.69, 9.17) is 4.74 Å². The van der Waals surface area contributed by atoms with Crippen molar-refractivity contribution in [1.82, 2.24) is 5.32 Å². The average molecular weight is 285 g/mol. The Morgan fingerprint density at radius 3 is 2.48 bits per heavy atom. The van der Waals surface area contributed by atoms with Crippen molar-refractivity contribution in [3.05, 3.63) is 65.7 Å². The second-order valence-corrected chi connectivity index (χ2v) is 4.55. The fourth-order valence-electron chi connectivity index (χ4n) is 2.09. The van der Waals surface area contributed by atoms with Crippen molar-refractivity contribution < 1.29 is 14.6 Å². The van der Waals surface area contributed by atoms with Gasteiger partial charge in [-0.25, -0.2) is 0 Å². The normalized spacial score (nSPS) is 11.7. The lowest BCUT2D eigenvalue weighted by Crippen LogP contribution is -2.31. The maximum Gasteiger partial charge on any atom is 0.255 e. The molecule has 0 radical (unpaired) electrons. The standard InChI is InChI=1S/C17H19NO3/c1-2-21-16-11-7-6-10-14(16)17(20)18-15(12-19)13-8-4-3-5-9-13/h3-11,15,19H,2,12H2,1H3,(H,18,20). The largest absolute Gasteiger partial charge is 0.493 e. The Morgan fingerprint density at radius 1 is 1.14 bits per heavy atom. The number of hydrogen-bond donors (Lipinski definition) is 2. The maximum absolute atomic E-state index is 12.4. The van der Waals surface area contributed by atoms with Gasteiger partial charge in [0.15, 0.2) is 0 Å². The second-order valence-electron chi connectivity index (χ2n) is 4.55. The van der Waals surface area contributed by atoms with E-state index in [9.17, 15) is 9.90 Å². The minimum atomic E-state index is -0.437. The Balaban J connectivity index is 2.17. The number of aliphatic hydroxyl groups excluding tert-OH is 1. The number of ether oxygens (including phenoxy) is 1. The predicted octanol–water partition coefficient (Wildman–Crippen LogP) is 2.55. The molecule has 2 rings (SSSR count). The smallest absolute Gasteiger partial charge is 0.255 e. The highest BCUT2D eigenvalue weighted by atomic mass is 16.5. The van der Waals surface area contributed by atoms with E-state index in [1.54, 1.807) is 18.2 Å². The molecule has 2 aromatic carbocycles. The van der Waals surface area contributed by atoms with Crippen molar-refractivity contribution in [2.24, 2.45) is 0 Å². The molecule has 4 heteroatoms. The molecular weight excluding hydrogens is 266 g/mol. The van der Waals surface area contributed by atoms with Crippen LogP contribution in [-0.4, -0.2) is 24.2 Å². The first-order valence-corrected chi connectivity index (χ1v) is 6.94. The first kappa shape index (κ1) is 15.1. The van der Waals surface area contributed by atoms with Crippen LogP contribution in [0.4, 0.5) is 0 Å². The summed E-state index contributed by atoms with van der Waals surface area (Å²) in [5.41, 5.74) is 1.33. The van der Waals surface area contributed by atoms with E-state index >= 15 is 0 Å². The molecule has 0 aromatic heterocycles. The van der Waals surface area contributed by atoms with E-state index < -0.39 is 6.04 Å². The number of hydrogen-bond acceptors (Lipinski definition) is 3. The van der Waals surface area contributed by atoms with Crippen LogP contribution in [0.15, 0.2) is 54.6 Å². The minimum Gasteiger partial charge on any atom is -0.493 e. The molecule has 0 saturated carbocycles. The highest BCUT2D eigenvalue weighted by molar-refractivity contribution is 5.97. The van der Waals surface area contributed by atoms with E-state index in [0.29, 0.717) is 17.9 Å². The number of nitrogens with one attached hydrogen (secondary N) is 1. The quantitative estimate of drug-likeness (QED) is 0.857. The molecule has 2 aromatic rings. The number of para-hydroxylation sites is 1. The van der Waals surface area contributed by atoms with Crippen LogP contribution in [0.2, 0.25) is 0 Å². The van der Waals surface area contributed by atoms with Crippen LogP contribution in [0.25, 0.3) is 0 Å². The highest BCUT2D eigenvalue weighted by Crippen LogP contribution is 2.19. The van der Waals surface area contributed by atoms with Gasteiger partial charge in [0.25, 0.3) is 5.91 Å². The van der Waals surface area contributed by atoms with Crippen LogP contribution < -0.4 is 10.1 Å². The average Bonchev–Trinajstić information content (AvgIpc) is 2.54. The molecule has 0 spiro atoms. The Bertz CT molecular complexity index is 584. The van der Waals surface area contributed by atoms with Gasteiger partial charge in [0.1, 0.15) is 5.75 Å². The highest BCUT2D eigenvalue weighted by Gasteiger charge is 2.17. The van der Waals surface area contributed by atoms with Crippen molar-refractivity contribution in [3.8, 4) is 5.75 Å². The third kappa shape index (κ3) is 3.83. The Morgan fingerprint density at radius 2 is 1.81 bits per heavy atom. The molecule has 0 saturated heterocycles. The summed E-state index contributed by atoms with van der Waals surface area (Å²) < 4.78 is 5.46. The molecule has 0 aliphatic heterocycles. The first-order valence-electron chi connectivity index (χ1n) is 6.94. The van der Waals surface area contributed by atoms with Crippen LogP contribution in [-0.2, 0) is 0 Å². The fourth-order valence-corrected chi connectivity index (χ4v) is 2.09. The minimum absolute atomic E-state index is 0.160. The lowest BCUT2D eigenvalue weighted by atomic mass is 10.1. The summed E-state index contributed by atoms with van der Waals surface area (Å²) in [6, 6.07) is 16.0. The van der Waals surface area contributed by atoms with Gasteiger partial charge in [0.2, 0.25) is 0 Å². The van der Waals surface area contributed by atoms with Gasteiger partial charge < -0.3 is 15.2 Å². The van der Waals surface area contributed by atoms with Gasteiger partial charge in [-0.3, -0.25) is 4.79 Å². The van der Waals surface area contributed by atoms with Crippen molar-refractivity contribution in [2.45, 2.75) is 13.0 Å². The lowest BCUT2D eigenvalue weighted by Gasteiger charge is -2.18. The Labute approximate surface area is 124 Å². The van der Waals surface area contributed by atoms with Gasteiger partial charge >= 0.3 is 0 Å².